The molecule has 1 fully saturated rings. The van der Waals surface area contributed by atoms with E-state index in [2.05, 4.69) is 5.32 Å². The van der Waals surface area contributed by atoms with Crippen LogP contribution in [0.4, 0.5) is 16.2 Å². The molecular formula is C28H32N4O3S2. The minimum atomic E-state index is -0.413. The SMILES string of the molecule is CCOC(=O)Nc1ccccc1.CN1C(=N)S/C(=C\Sc2ccccc2N(C)C)C1=O.c1ccccc1. The van der Waals surface area contributed by atoms with E-state index in [1.165, 1.54) is 28.4 Å². The number of thioether (sulfide) groups is 2. The molecule has 1 heterocycles. The third-order valence-corrected chi connectivity index (χ3v) is 6.71. The summed E-state index contributed by atoms with van der Waals surface area (Å²) in [6.07, 6.45) is -0.413. The molecule has 1 saturated heterocycles. The smallest absolute Gasteiger partial charge is 0.411 e. The van der Waals surface area contributed by atoms with Gasteiger partial charge in [0.1, 0.15) is 0 Å². The molecule has 0 unspecified atom stereocenters. The number of rotatable bonds is 5. The maximum Gasteiger partial charge on any atom is 0.411 e. The molecule has 3 aromatic carbocycles. The summed E-state index contributed by atoms with van der Waals surface area (Å²) in [6, 6.07) is 29.2. The molecule has 1 aliphatic heterocycles. The summed E-state index contributed by atoms with van der Waals surface area (Å²) in [5, 5.41) is 12.3. The lowest BCUT2D eigenvalue weighted by Crippen LogP contribution is -2.22. The summed E-state index contributed by atoms with van der Waals surface area (Å²) >= 11 is 2.71. The molecule has 9 heteroatoms. The van der Waals surface area contributed by atoms with Gasteiger partial charge in [0.2, 0.25) is 0 Å². The average molecular weight is 537 g/mol. The molecule has 194 valence electrons. The Labute approximate surface area is 227 Å². The summed E-state index contributed by atoms with van der Waals surface area (Å²) in [6.45, 7) is 2.16. The number of para-hydroxylation sites is 2. The number of amidine groups is 1. The standard InChI is InChI=1S/C13H15N3OS2.C9H11NO2.C6H6/c1-15(2)9-6-4-5-7-10(9)18-8-11-12(17)16(3)13(14)19-11;1-2-12-9(11)10-8-6-4-3-5-7-8;1-2-4-6-5-3-1/h4-8,14H,1-3H3;3-7H,2H2,1H3,(H,10,11);1-6H/b11-8-,14-13?;;. The average Bonchev–Trinajstić information content (AvgIpc) is 3.16. The van der Waals surface area contributed by atoms with Crippen LogP contribution >= 0.6 is 23.5 Å². The summed E-state index contributed by atoms with van der Waals surface area (Å²) in [5.74, 6) is -0.107. The Hall–Kier alpha value is -3.69. The van der Waals surface area contributed by atoms with Crippen LogP contribution in [-0.4, -0.2) is 49.8 Å². The van der Waals surface area contributed by atoms with Crippen LogP contribution in [0.15, 0.2) is 106 Å². The van der Waals surface area contributed by atoms with Gasteiger partial charge in [-0.1, -0.05) is 78.5 Å². The first-order valence-corrected chi connectivity index (χ1v) is 13.2. The van der Waals surface area contributed by atoms with Gasteiger partial charge in [0, 0.05) is 31.7 Å². The van der Waals surface area contributed by atoms with Crippen molar-refractivity contribution in [1.29, 1.82) is 5.41 Å². The zero-order valence-electron chi connectivity index (χ0n) is 21.4. The Balaban J connectivity index is 0.000000226. The summed E-state index contributed by atoms with van der Waals surface area (Å²) in [5.41, 5.74) is 1.86. The summed E-state index contributed by atoms with van der Waals surface area (Å²) in [4.78, 5) is 27.8. The second-order valence-corrected chi connectivity index (χ2v) is 9.54. The molecule has 4 rings (SSSR count). The van der Waals surface area contributed by atoms with E-state index in [0.29, 0.717) is 11.5 Å². The topological polar surface area (TPSA) is 85.7 Å². The van der Waals surface area contributed by atoms with Crippen molar-refractivity contribution in [2.24, 2.45) is 0 Å². The fraction of sp³-hybridized carbons (Fsp3) is 0.179. The lowest BCUT2D eigenvalue weighted by molar-refractivity contribution is -0.121. The maximum atomic E-state index is 11.8. The van der Waals surface area contributed by atoms with Gasteiger partial charge in [-0.25, -0.2) is 4.79 Å². The first kappa shape index (κ1) is 29.5. The number of nitrogens with one attached hydrogen (secondary N) is 2. The molecule has 0 saturated carbocycles. The van der Waals surface area contributed by atoms with Gasteiger partial charge in [0.25, 0.3) is 5.91 Å². The number of ether oxygens (including phenoxy) is 1. The maximum absolute atomic E-state index is 11.8. The zero-order chi connectivity index (χ0) is 27.0. The number of hydrogen-bond donors (Lipinski definition) is 2. The molecule has 2 amide bonds. The zero-order valence-corrected chi connectivity index (χ0v) is 23.0. The molecule has 0 aromatic heterocycles. The first-order chi connectivity index (χ1) is 17.8. The number of nitrogens with zero attached hydrogens (tertiary/aromatic N) is 2. The van der Waals surface area contributed by atoms with Crippen molar-refractivity contribution in [3.63, 3.8) is 0 Å². The first-order valence-electron chi connectivity index (χ1n) is 11.5. The van der Waals surface area contributed by atoms with Crippen LogP contribution in [-0.2, 0) is 9.53 Å². The largest absolute Gasteiger partial charge is 0.450 e. The lowest BCUT2D eigenvalue weighted by atomic mass is 10.3. The van der Waals surface area contributed by atoms with Crippen molar-refractivity contribution >= 4 is 52.1 Å². The fourth-order valence-electron chi connectivity index (χ4n) is 2.78. The van der Waals surface area contributed by atoms with Gasteiger partial charge in [-0.3, -0.25) is 20.4 Å². The molecule has 0 radical (unpaired) electrons. The van der Waals surface area contributed by atoms with Gasteiger partial charge in [-0.15, -0.1) is 0 Å². The molecule has 3 aromatic rings. The molecule has 7 nitrogen and oxygen atoms in total. The number of carbonyl (C=O) groups excluding carboxylic acids is 2. The lowest BCUT2D eigenvalue weighted by Gasteiger charge is -2.15. The molecule has 0 spiro atoms. The van der Waals surface area contributed by atoms with Gasteiger partial charge in [-0.05, 0) is 48.4 Å². The van der Waals surface area contributed by atoms with Crippen molar-refractivity contribution in [2.45, 2.75) is 11.8 Å². The van der Waals surface area contributed by atoms with Crippen molar-refractivity contribution in [1.82, 2.24) is 4.90 Å². The number of likely N-dealkylation sites (N-methyl/N-ethyl adjacent to an activating group) is 1. The van der Waals surface area contributed by atoms with Crippen LogP contribution in [0.3, 0.4) is 0 Å². The highest BCUT2D eigenvalue weighted by Crippen LogP contribution is 2.35. The molecular weight excluding hydrogens is 504 g/mol. The monoisotopic (exact) mass is 536 g/mol. The number of benzene rings is 3. The van der Waals surface area contributed by atoms with Gasteiger partial charge in [-0.2, -0.15) is 0 Å². The van der Waals surface area contributed by atoms with Crippen molar-refractivity contribution in [3.8, 4) is 0 Å². The molecule has 0 aliphatic carbocycles. The van der Waals surface area contributed by atoms with Crippen LogP contribution in [0, 0.1) is 5.41 Å². The number of anilines is 2. The minimum Gasteiger partial charge on any atom is -0.450 e. The predicted molar refractivity (Wildman–Crippen MR) is 156 cm³/mol. The van der Waals surface area contributed by atoms with Crippen LogP contribution in [0.1, 0.15) is 6.92 Å². The highest BCUT2D eigenvalue weighted by Gasteiger charge is 2.28. The normalized spacial score (nSPS) is 13.2. The van der Waals surface area contributed by atoms with Crippen LogP contribution in [0.2, 0.25) is 0 Å². The van der Waals surface area contributed by atoms with Crippen LogP contribution < -0.4 is 10.2 Å². The van der Waals surface area contributed by atoms with E-state index in [1.54, 1.807) is 26.1 Å². The van der Waals surface area contributed by atoms with E-state index in [-0.39, 0.29) is 11.1 Å². The van der Waals surface area contributed by atoms with E-state index in [1.807, 2.05) is 103 Å². The fourth-order valence-corrected chi connectivity index (χ4v) is 4.64. The number of amides is 2. The molecule has 0 atom stereocenters. The van der Waals surface area contributed by atoms with Crippen molar-refractivity contribution in [3.05, 3.63) is 101 Å². The van der Waals surface area contributed by atoms with E-state index < -0.39 is 6.09 Å². The van der Waals surface area contributed by atoms with E-state index in [0.717, 1.165) is 16.3 Å². The Morgan fingerprint density at radius 2 is 1.54 bits per heavy atom. The van der Waals surface area contributed by atoms with Gasteiger partial charge in [0.15, 0.2) is 5.17 Å². The van der Waals surface area contributed by atoms with E-state index in [4.69, 9.17) is 10.1 Å². The van der Waals surface area contributed by atoms with Crippen LogP contribution in [0.25, 0.3) is 0 Å². The molecule has 2 N–H and O–H groups in total. The Morgan fingerprint density at radius 1 is 1.00 bits per heavy atom. The Kier molecular flexibility index (Phi) is 12.9. The Bertz CT molecular complexity index is 1150. The van der Waals surface area contributed by atoms with Gasteiger partial charge < -0.3 is 9.64 Å². The molecule has 37 heavy (non-hydrogen) atoms. The summed E-state index contributed by atoms with van der Waals surface area (Å²) in [7, 11) is 5.61. The third-order valence-electron chi connectivity index (χ3n) is 4.63. The quantitative estimate of drug-likeness (QED) is 0.277. The van der Waals surface area contributed by atoms with E-state index >= 15 is 0 Å². The highest BCUT2D eigenvalue weighted by atomic mass is 32.2. The number of carbonyl (C=O) groups is 2. The Morgan fingerprint density at radius 3 is 2.05 bits per heavy atom. The second-order valence-electron chi connectivity index (χ2n) is 7.60. The summed E-state index contributed by atoms with van der Waals surface area (Å²) < 4.78 is 4.70. The molecule has 0 bridgehead atoms. The highest BCUT2D eigenvalue weighted by molar-refractivity contribution is 8.19. The number of hydrogen-bond acceptors (Lipinski definition) is 7. The van der Waals surface area contributed by atoms with Gasteiger partial charge in [0.05, 0.1) is 17.2 Å². The third kappa shape index (κ3) is 10.4. The van der Waals surface area contributed by atoms with Gasteiger partial charge >= 0.3 is 6.09 Å². The minimum absolute atomic E-state index is 0.107. The molecule has 1 aliphatic rings. The van der Waals surface area contributed by atoms with Crippen LogP contribution in [0.5, 0.6) is 0 Å². The van der Waals surface area contributed by atoms with E-state index in [9.17, 15) is 9.59 Å². The predicted octanol–water partition coefficient (Wildman–Crippen LogP) is 6.77. The second kappa shape index (κ2) is 16.1. The van der Waals surface area contributed by atoms with Crippen molar-refractivity contribution < 1.29 is 14.3 Å². The van der Waals surface area contributed by atoms with Crippen molar-refractivity contribution in [2.75, 3.05) is 38.0 Å².